The first-order valence-electron chi connectivity index (χ1n) is 7.12. The first-order valence-corrected chi connectivity index (χ1v) is 7.12. The van der Waals surface area contributed by atoms with E-state index < -0.39 is 52.1 Å². The number of carbonyl (C=O) groups is 2. The summed E-state index contributed by atoms with van der Waals surface area (Å²) >= 11 is 0. The van der Waals surface area contributed by atoms with Gasteiger partial charge in [-0.15, -0.1) is 0 Å². The molecule has 0 aromatic heterocycles. The Kier molecular flexibility index (Phi) is 6.11. The number of nitro groups is 1. The molecule has 0 fully saturated rings. The predicted molar refractivity (Wildman–Crippen MR) is 80.4 cm³/mol. The van der Waals surface area contributed by atoms with Gasteiger partial charge in [-0.05, 0) is 26.3 Å². The second kappa shape index (κ2) is 7.49. The highest BCUT2D eigenvalue weighted by Crippen LogP contribution is 2.25. The number of esters is 1. The Morgan fingerprint density at radius 1 is 1.28 bits per heavy atom. The highest BCUT2D eigenvalue weighted by Gasteiger charge is 2.44. The number of non-ortho nitro benzene ring substituents is 1. The van der Waals surface area contributed by atoms with Gasteiger partial charge in [-0.25, -0.2) is 4.79 Å². The van der Waals surface area contributed by atoms with E-state index in [2.05, 4.69) is 0 Å². The fourth-order valence-corrected chi connectivity index (χ4v) is 1.85. The summed E-state index contributed by atoms with van der Waals surface area (Å²) in [6.07, 6.45) is -1.25. The van der Waals surface area contributed by atoms with E-state index in [9.17, 15) is 33.0 Å². The number of amides is 1. The molecule has 0 aliphatic heterocycles. The van der Waals surface area contributed by atoms with Crippen molar-refractivity contribution in [2.24, 2.45) is 0 Å². The van der Waals surface area contributed by atoms with Crippen LogP contribution in [0, 0.1) is 10.1 Å². The van der Waals surface area contributed by atoms with Crippen LogP contribution < -0.4 is 0 Å². The van der Waals surface area contributed by atoms with E-state index in [1.54, 1.807) is 0 Å². The minimum absolute atomic E-state index is 0.224. The third-order valence-corrected chi connectivity index (χ3v) is 2.77. The molecule has 0 saturated heterocycles. The molecule has 138 valence electrons. The average Bonchev–Trinajstić information content (AvgIpc) is 2.43. The number of benzene rings is 1. The number of rotatable bonds is 6. The van der Waals surface area contributed by atoms with Crippen molar-refractivity contribution in [1.82, 2.24) is 5.12 Å². The van der Waals surface area contributed by atoms with E-state index in [0.717, 1.165) is 18.2 Å². The van der Waals surface area contributed by atoms with Gasteiger partial charge in [0, 0.05) is 18.6 Å². The molecule has 1 aromatic rings. The number of nitrogens with zero attached hydrogens (tertiary/aromatic N) is 2. The van der Waals surface area contributed by atoms with E-state index in [-0.39, 0.29) is 5.56 Å². The molecular formula is C15H17F3N2O5. The molecule has 0 atom stereocenters. The van der Waals surface area contributed by atoms with Crippen LogP contribution in [0.15, 0.2) is 24.3 Å². The zero-order valence-corrected chi connectivity index (χ0v) is 13.8. The predicted octanol–water partition coefficient (Wildman–Crippen LogP) is 2.83. The molecular weight excluding hydrogens is 345 g/mol. The highest BCUT2D eigenvalue weighted by atomic mass is 19.3. The molecule has 0 saturated carbocycles. The van der Waals surface area contributed by atoms with Gasteiger partial charge in [0.25, 0.3) is 5.69 Å². The SMILES string of the molecule is CC(C)(C)OC(=O)CN(F)C(=O)C(F)(F)Cc1cccc([N+](=O)[O-])c1. The molecule has 0 heterocycles. The first-order chi connectivity index (χ1) is 11.3. The Morgan fingerprint density at radius 2 is 1.88 bits per heavy atom. The normalized spacial score (nSPS) is 11.8. The lowest BCUT2D eigenvalue weighted by Crippen LogP contribution is -2.43. The topological polar surface area (TPSA) is 89.8 Å². The lowest BCUT2D eigenvalue weighted by Gasteiger charge is -2.22. The highest BCUT2D eigenvalue weighted by molar-refractivity contribution is 5.86. The van der Waals surface area contributed by atoms with Crippen molar-refractivity contribution >= 4 is 17.6 Å². The van der Waals surface area contributed by atoms with Crippen molar-refractivity contribution in [1.29, 1.82) is 0 Å². The Morgan fingerprint density at radius 3 is 2.40 bits per heavy atom. The Balaban J connectivity index is 2.80. The third-order valence-electron chi connectivity index (χ3n) is 2.77. The zero-order chi connectivity index (χ0) is 19.4. The van der Waals surface area contributed by atoms with Crippen LogP contribution in [0.4, 0.5) is 18.9 Å². The summed E-state index contributed by atoms with van der Waals surface area (Å²) in [6.45, 7) is 3.19. The van der Waals surface area contributed by atoms with Crippen molar-refractivity contribution in [3.63, 3.8) is 0 Å². The summed E-state index contributed by atoms with van der Waals surface area (Å²) in [5.41, 5.74) is -1.63. The summed E-state index contributed by atoms with van der Waals surface area (Å²) < 4.78 is 46.2. The van der Waals surface area contributed by atoms with Crippen molar-refractivity contribution in [3.05, 3.63) is 39.9 Å². The summed E-state index contributed by atoms with van der Waals surface area (Å²) in [5.74, 6) is -7.61. The average molecular weight is 362 g/mol. The number of alkyl halides is 2. The quantitative estimate of drug-likeness (QED) is 0.336. The number of hydrogen-bond donors (Lipinski definition) is 0. The van der Waals surface area contributed by atoms with Crippen LogP contribution in [-0.2, 0) is 20.7 Å². The number of nitro benzene ring substituents is 1. The van der Waals surface area contributed by atoms with Gasteiger partial charge < -0.3 is 4.74 Å². The molecule has 0 N–H and O–H groups in total. The smallest absolute Gasteiger partial charge is 0.331 e. The molecule has 0 bridgehead atoms. The van der Waals surface area contributed by atoms with E-state index in [1.807, 2.05) is 0 Å². The largest absolute Gasteiger partial charge is 0.459 e. The van der Waals surface area contributed by atoms with Crippen LogP contribution in [-0.4, -0.2) is 40.0 Å². The number of hydrogen-bond acceptors (Lipinski definition) is 5. The summed E-state index contributed by atoms with van der Waals surface area (Å²) in [4.78, 5) is 32.8. The van der Waals surface area contributed by atoms with Gasteiger partial charge in [0.05, 0.1) is 4.92 Å². The Labute approximate surface area is 141 Å². The number of halogens is 3. The standard InChI is InChI=1S/C15H17F3N2O5/c1-14(2,3)25-12(21)9-19(18)13(22)15(16,17)8-10-5-4-6-11(7-10)20(23)24/h4-7H,8-9H2,1-3H3. The summed E-state index contributed by atoms with van der Waals surface area (Å²) in [6, 6.07) is 4.26. The molecule has 0 spiro atoms. The van der Waals surface area contributed by atoms with E-state index in [1.165, 1.54) is 26.8 Å². The van der Waals surface area contributed by atoms with E-state index in [0.29, 0.717) is 0 Å². The van der Waals surface area contributed by atoms with Gasteiger partial charge in [0.15, 0.2) is 6.54 Å². The summed E-state index contributed by atoms with van der Waals surface area (Å²) in [7, 11) is 0. The molecule has 10 heteroatoms. The molecule has 0 aliphatic rings. The van der Waals surface area contributed by atoms with Gasteiger partial charge in [0.1, 0.15) is 5.60 Å². The Hall–Kier alpha value is -2.65. The van der Waals surface area contributed by atoms with Crippen molar-refractivity contribution in [2.75, 3.05) is 6.54 Å². The lowest BCUT2D eigenvalue weighted by atomic mass is 10.1. The molecule has 7 nitrogen and oxygen atoms in total. The third kappa shape index (κ3) is 6.40. The zero-order valence-electron chi connectivity index (χ0n) is 13.8. The van der Waals surface area contributed by atoms with E-state index in [4.69, 9.17) is 4.74 Å². The van der Waals surface area contributed by atoms with Crippen LogP contribution in [0.3, 0.4) is 0 Å². The van der Waals surface area contributed by atoms with Crippen LogP contribution in [0.25, 0.3) is 0 Å². The number of ether oxygens (including phenoxy) is 1. The minimum Gasteiger partial charge on any atom is -0.459 e. The lowest BCUT2D eigenvalue weighted by molar-refractivity contribution is -0.384. The van der Waals surface area contributed by atoms with Gasteiger partial charge in [-0.2, -0.15) is 13.9 Å². The molecule has 0 unspecified atom stereocenters. The Bertz CT molecular complexity index is 673. The fraction of sp³-hybridized carbons (Fsp3) is 0.467. The van der Waals surface area contributed by atoms with Crippen LogP contribution >= 0.6 is 0 Å². The van der Waals surface area contributed by atoms with E-state index >= 15 is 0 Å². The van der Waals surface area contributed by atoms with Crippen molar-refractivity contribution < 1.29 is 32.5 Å². The second-order valence-electron chi connectivity index (χ2n) is 6.22. The van der Waals surface area contributed by atoms with Gasteiger partial charge in [0.2, 0.25) is 0 Å². The fourth-order valence-electron chi connectivity index (χ4n) is 1.85. The monoisotopic (exact) mass is 362 g/mol. The van der Waals surface area contributed by atoms with Crippen molar-refractivity contribution in [3.8, 4) is 0 Å². The molecule has 1 aromatic carbocycles. The number of carbonyl (C=O) groups excluding carboxylic acids is 2. The molecule has 0 radical (unpaired) electrons. The first kappa shape index (κ1) is 20.4. The van der Waals surface area contributed by atoms with Gasteiger partial charge in [-0.3, -0.25) is 14.9 Å². The molecule has 1 rings (SSSR count). The minimum atomic E-state index is -4.19. The van der Waals surface area contributed by atoms with Gasteiger partial charge >= 0.3 is 17.8 Å². The summed E-state index contributed by atoms with van der Waals surface area (Å²) in [5, 5.41) is 9.70. The van der Waals surface area contributed by atoms with Crippen molar-refractivity contribution in [2.45, 2.75) is 38.7 Å². The van der Waals surface area contributed by atoms with Crippen LogP contribution in [0.1, 0.15) is 26.3 Å². The maximum atomic E-state index is 13.9. The van der Waals surface area contributed by atoms with Crippen LogP contribution in [0.2, 0.25) is 0 Å². The second-order valence-corrected chi connectivity index (χ2v) is 6.22. The molecule has 1 amide bonds. The molecule has 0 aliphatic carbocycles. The van der Waals surface area contributed by atoms with Gasteiger partial charge in [-0.1, -0.05) is 16.6 Å². The maximum absolute atomic E-state index is 13.9. The molecule has 25 heavy (non-hydrogen) atoms. The maximum Gasteiger partial charge on any atom is 0.331 e. The van der Waals surface area contributed by atoms with Crippen LogP contribution in [0.5, 0.6) is 0 Å².